The molecule has 2 aromatic heterocycles. The Balaban J connectivity index is 1.62. The lowest BCUT2D eigenvalue weighted by Crippen LogP contribution is -2.42. The van der Waals surface area contributed by atoms with Gasteiger partial charge < -0.3 is 9.75 Å². The van der Waals surface area contributed by atoms with Gasteiger partial charge in [0.25, 0.3) is 0 Å². The zero-order valence-corrected chi connectivity index (χ0v) is 15.3. The van der Waals surface area contributed by atoms with Crippen LogP contribution >= 0.6 is 0 Å². The van der Waals surface area contributed by atoms with Crippen LogP contribution < -0.4 is 0 Å². The summed E-state index contributed by atoms with van der Waals surface area (Å²) in [5.41, 5.74) is 4.32. The molecule has 0 N–H and O–H groups in total. The second-order valence-corrected chi connectivity index (χ2v) is 7.11. The molecule has 0 bridgehead atoms. The Kier molecular flexibility index (Phi) is 4.38. The van der Waals surface area contributed by atoms with Crippen molar-refractivity contribution in [3.63, 3.8) is 0 Å². The molecule has 2 aliphatic rings. The number of hydrogen-bond donors (Lipinski definition) is 0. The number of allylic oxidation sites excluding steroid dienone is 1. The standard InChI is InChI=1S/C20H24N4O2/c1-14(2)20(25)18-10-21-23-12-15(4-5-19(18)23)16-11-22(3)24(13-16)17-6-8-26-9-7-17/h4-5,10,12-13,17H,1,6-9,11H2,2-3H3. The molecule has 6 nitrogen and oxygen atoms in total. The third kappa shape index (κ3) is 2.95. The van der Waals surface area contributed by atoms with E-state index >= 15 is 0 Å². The first-order valence-electron chi connectivity index (χ1n) is 9.00. The van der Waals surface area contributed by atoms with Crippen molar-refractivity contribution in [3.05, 3.63) is 54.0 Å². The lowest BCUT2D eigenvalue weighted by molar-refractivity contribution is -0.0233. The molecule has 1 fully saturated rings. The molecule has 2 aromatic rings. The number of hydrazine groups is 1. The summed E-state index contributed by atoms with van der Waals surface area (Å²) in [6.07, 6.45) is 7.97. The van der Waals surface area contributed by atoms with Gasteiger partial charge in [0.15, 0.2) is 5.78 Å². The average molecular weight is 352 g/mol. The van der Waals surface area contributed by atoms with Crippen molar-refractivity contribution in [1.82, 2.24) is 19.6 Å². The number of pyridine rings is 1. The normalized spacial score (nSPS) is 19.2. The van der Waals surface area contributed by atoms with Gasteiger partial charge in [0.1, 0.15) is 0 Å². The van der Waals surface area contributed by atoms with Crippen molar-refractivity contribution in [3.8, 4) is 0 Å². The van der Waals surface area contributed by atoms with E-state index in [9.17, 15) is 4.79 Å². The molecule has 0 aliphatic carbocycles. The molecular weight excluding hydrogens is 328 g/mol. The number of aromatic nitrogens is 2. The smallest absolute Gasteiger partial charge is 0.191 e. The maximum Gasteiger partial charge on any atom is 0.191 e. The first-order valence-corrected chi connectivity index (χ1v) is 9.00. The molecule has 2 aliphatic heterocycles. The summed E-state index contributed by atoms with van der Waals surface area (Å²) in [4.78, 5) is 12.2. The molecule has 0 amide bonds. The molecule has 0 atom stereocenters. The van der Waals surface area contributed by atoms with Gasteiger partial charge in [-0.3, -0.25) is 4.79 Å². The highest BCUT2D eigenvalue weighted by atomic mass is 16.5. The summed E-state index contributed by atoms with van der Waals surface area (Å²) < 4.78 is 7.26. The highest BCUT2D eigenvalue weighted by Gasteiger charge is 2.28. The van der Waals surface area contributed by atoms with Crippen molar-refractivity contribution >= 4 is 16.9 Å². The Morgan fingerprint density at radius 3 is 2.81 bits per heavy atom. The monoisotopic (exact) mass is 352 g/mol. The summed E-state index contributed by atoms with van der Waals surface area (Å²) >= 11 is 0. The minimum atomic E-state index is -0.0572. The molecule has 6 heteroatoms. The number of carbonyl (C=O) groups is 1. The van der Waals surface area contributed by atoms with E-state index < -0.39 is 0 Å². The van der Waals surface area contributed by atoms with Gasteiger partial charge in [-0.1, -0.05) is 12.6 Å². The summed E-state index contributed by atoms with van der Waals surface area (Å²) in [7, 11) is 2.12. The topological polar surface area (TPSA) is 50.1 Å². The first kappa shape index (κ1) is 17.0. The number of hydrogen-bond acceptors (Lipinski definition) is 5. The van der Waals surface area contributed by atoms with Crippen LogP contribution in [0.5, 0.6) is 0 Å². The van der Waals surface area contributed by atoms with Gasteiger partial charge in [0.05, 0.1) is 17.3 Å². The molecule has 136 valence electrons. The Hall–Kier alpha value is -2.44. The number of ether oxygens (including phenoxy) is 1. The molecule has 0 unspecified atom stereocenters. The molecule has 4 rings (SSSR count). The number of Topliss-reactive ketones (excluding diaryl/α,β-unsaturated/α-hetero) is 1. The van der Waals surface area contributed by atoms with Crippen molar-refractivity contribution < 1.29 is 9.53 Å². The minimum Gasteiger partial charge on any atom is -0.381 e. The largest absolute Gasteiger partial charge is 0.381 e. The fraction of sp³-hybridized carbons (Fsp3) is 0.400. The zero-order chi connectivity index (χ0) is 18.3. The summed E-state index contributed by atoms with van der Waals surface area (Å²) in [5.74, 6) is -0.0572. The van der Waals surface area contributed by atoms with Crippen LogP contribution in [-0.2, 0) is 4.74 Å². The van der Waals surface area contributed by atoms with Gasteiger partial charge >= 0.3 is 0 Å². The van der Waals surface area contributed by atoms with Crippen molar-refractivity contribution in [2.45, 2.75) is 25.8 Å². The number of likely N-dealkylation sites (N-methyl/N-ethyl adjacent to an activating group) is 1. The van der Waals surface area contributed by atoms with E-state index in [0.717, 1.165) is 43.7 Å². The molecular formula is C20H24N4O2. The van der Waals surface area contributed by atoms with Gasteiger partial charge in [0, 0.05) is 45.2 Å². The van der Waals surface area contributed by atoms with Gasteiger partial charge in [-0.15, -0.1) is 0 Å². The summed E-state index contributed by atoms with van der Waals surface area (Å²) in [6, 6.07) is 4.54. The average Bonchev–Trinajstić information content (AvgIpc) is 3.24. The fourth-order valence-electron chi connectivity index (χ4n) is 3.71. The number of carbonyl (C=O) groups excluding carboxylic acids is 1. The zero-order valence-electron chi connectivity index (χ0n) is 15.3. The SMILES string of the molecule is C=C(C)C(=O)c1cnn2cc(C3=CN(C4CCOCC4)N(C)C3)ccc12. The molecule has 0 saturated carbocycles. The predicted molar refractivity (Wildman–Crippen MR) is 101 cm³/mol. The van der Waals surface area contributed by atoms with E-state index in [-0.39, 0.29) is 5.78 Å². The van der Waals surface area contributed by atoms with Gasteiger partial charge in [0.2, 0.25) is 0 Å². The van der Waals surface area contributed by atoms with Crippen LogP contribution in [0, 0.1) is 0 Å². The second kappa shape index (κ2) is 6.70. The van der Waals surface area contributed by atoms with Gasteiger partial charge in [-0.2, -0.15) is 5.10 Å². The fourth-order valence-corrected chi connectivity index (χ4v) is 3.71. The number of ketones is 1. The van der Waals surface area contributed by atoms with E-state index in [1.54, 1.807) is 17.6 Å². The molecule has 0 spiro atoms. The molecule has 0 aromatic carbocycles. The quantitative estimate of drug-likeness (QED) is 0.626. The van der Waals surface area contributed by atoms with Crippen LogP contribution in [0.15, 0.2) is 42.9 Å². The van der Waals surface area contributed by atoms with Crippen molar-refractivity contribution in [1.29, 1.82) is 0 Å². The summed E-state index contributed by atoms with van der Waals surface area (Å²) in [6.45, 7) is 7.99. The predicted octanol–water partition coefficient (Wildman–Crippen LogP) is 2.78. The number of fused-ring (bicyclic) bond motifs is 1. The Bertz CT molecular complexity index is 892. The third-order valence-corrected chi connectivity index (χ3v) is 5.17. The Morgan fingerprint density at radius 2 is 2.08 bits per heavy atom. The van der Waals surface area contributed by atoms with Crippen LogP contribution in [0.1, 0.15) is 35.7 Å². The first-order chi connectivity index (χ1) is 12.5. The molecule has 26 heavy (non-hydrogen) atoms. The minimum absolute atomic E-state index is 0.0572. The van der Waals surface area contributed by atoms with Crippen molar-refractivity contribution in [2.24, 2.45) is 0 Å². The molecule has 0 radical (unpaired) electrons. The van der Waals surface area contributed by atoms with E-state index in [1.807, 2.05) is 12.3 Å². The number of nitrogens with zero attached hydrogens (tertiary/aromatic N) is 4. The summed E-state index contributed by atoms with van der Waals surface area (Å²) in [5, 5.41) is 8.96. The Morgan fingerprint density at radius 1 is 1.31 bits per heavy atom. The van der Waals surface area contributed by atoms with E-state index in [4.69, 9.17) is 4.74 Å². The number of rotatable bonds is 4. The Labute approximate surface area is 153 Å². The van der Waals surface area contributed by atoms with E-state index in [2.05, 4.69) is 41.0 Å². The molecule has 1 saturated heterocycles. The van der Waals surface area contributed by atoms with Gasteiger partial charge in [-0.05, 0) is 42.5 Å². The highest BCUT2D eigenvalue weighted by molar-refractivity contribution is 6.12. The van der Waals surface area contributed by atoms with Crippen LogP contribution in [0.2, 0.25) is 0 Å². The lowest BCUT2D eigenvalue weighted by atomic mass is 10.1. The van der Waals surface area contributed by atoms with Crippen LogP contribution in [0.25, 0.3) is 11.1 Å². The van der Waals surface area contributed by atoms with E-state index in [1.165, 1.54) is 5.57 Å². The van der Waals surface area contributed by atoms with Gasteiger partial charge in [-0.25, -0.2) is 9.52 Å². The molecule has 4 heterocycles. The maximum absolute atomic E-state index is 12.2. The lowest BCUT2D eigenvalue weighted by Gasteiger charge is -2.35. The van der Waals surface area contributed by atoms with Crippen LogP contribution in [0.3, 0.4) is 0 Å². The van der Waals surface area contributed by atoms with Crippen LogP contribution in [0.4, 0.5) is 0 Å². The second-order valence-electron chi connectivity index (χ2n) is 7.11. The maximum atomic E-state index is 12.2. The van der Waals surface area contributed by atoms with E-state index in [0.29, 0.717) is 17.2 Å². The highest BCUT2D eigenvalue weighted by Crippen LogP contribution is 2.28. The van der Waals surface area contributed by atoms with Crippen LogP contribution in [-0.4, -0.2) is 58.3 Å². The van der Waals surface area contributed by atoms with Crippen molar-refractivity contribution in [2.75, 3.05) is 26.8 Å². The third-order valence-electron chi connectivity index (χ3n) is 5.17.